The zero-order valence-corrected chi connectivity index (χ0v) is 17.5. The molecule has 0 bridgehead atoms. The van der Waals surface area contributed by atoms with Crippen LogP contribution in [0.2, 0.25) is 0 Å². The third-order valence-corrected chi connectivity index (χ3v) is 4.61. The third-order valence-electron chi connectivity index (χ3n) is 4.61. The van der Waals surface area contributed by atoms with Crippen LogP contribution >= 0.6 is 0 Å². The van der Waals surface area contributed by atoms with Gasteiger partial charge in [-0.2, -0.15) is 0 Å². The Morgan fingerprint density at radius 2 is 1.66 bits per heavy atom. The van der Waals surface area contributed by atoms with Crippen molar-refractivity contribution < 1.29 is 19.1 Å². The van der Waals surface area contributed by atoms with Gasteiger partial charge in [-0.05, 0) is 55.5 Å². The monoisotopic (exact) mass is 396 g/mol. The van der Waals surface area contributed by atoms with Crippen LogP contribution in [0.25, 0.3) is 0 Å². The van der Waals surface area contributed by atoms with Crippen LogP contribution in [-0.4, -0.2) is 30.4 Å². The van der Waals surface area contributed by atoms with E-state index < -0.39 is 24.5 Å². The second-order valence-corrected chi connectivity index (χ2v) is 7.48. The molecule has 0 aliphatic rings. The number of benzene rings is 2. The molecule has 29 heavy (non-hydrogen) atoms. The summed E-state index contributed by atoms with van der Waals surface area (Å²) in [5, 5.41) is 5.46. The highest BCUT2D eigenvalue weighted by Gasteiger charge is 2.27. The second kappa shape index (κ2) is 9.87. The number of aryl methyl sites for hydroxylation is 3. The highest BCUT2D eigenvalue weighted by Crippen LogP contribution is 2.16. The van der Waals surface area contributed by atoms with Gasteiger partial charge in [-0.15, -0.1) is 0 Å². The zero-order chi connectivity index (χ0) is 21.6. The molecule has 2 N–H and O–H groups in total. The van der Waals surface area contributed by atoms with Crippen molar-refractivity contribution in [3.8, 4) is 0 Å². The van der Waals surface area contributed by atoms with Crippen molar-refractivity contribution in [1.82, 2.24) is 5.32 Å². The van der Waals surface area contributed by atoms with E-state index in [2.05, 4.69) is 10.6 Å². The maximum atomic E-state index is 12.5. The van der Waals surface area contributed by atoms with E-state index in [0.717, 1.165) is 16.7 Å². The van der Waals surface area contributed by atoms with Crippen LogP contribution in [0.15, 0.2) is 42.5 Å². The molecule has 2 aromatic rings. The first-order valence-electron chi connectivity index (χ1n) is 9.59. The Morgan fingerprint density at radius 3 is 2.31 bits per heavy atom. The first-order valence-corrected chi connectivity index (χ1v) is 9.59. The van der Waals surface area contributed by atoms with Crippen LogP contribution < -0.4 is 10.6 Å². The van der Waals surface area contributed by atoms with Gasteiger partial charge in [0.15, 0.2) is 6.61 Å². The molecular weight excluding hydrogens is 368 g/mol. The van der Waals surface area contributed by atoms with Crippen LogP contribution in [0.4, 0.5) is 5.69 Å². The van der Waals surface area contributed by atoms with Crippen molar-refractivity contribution >= 4 is 23.5 Å². The Kier molecular flexibility index (Phi) is 7.53. The van der Waals surface area contributed by atoms with Gasteiger partial charge in [0, 0.05) is 11.3 Å². The summed E-state index contributed by atoms with van der Waals surface area (Å²) in [6, 6.07) is 12.0. The highest BCUT2D eigenvalue weighted by atomic mass is 16.5. The number of esters is 1. The van der Waals surface area contributed by atoms with Crippen molar-refractivity contribution in [2.24, 2.45) is 5.92 Å². The number of rotatable bonds is 7. The summed E-state index contributed by atoms with van der Waals surface area (Å²) in [4.78, 5) is 37.2. The fourth-order valence-corrected chi connectivity index (χ4v) is 2.83. The van der Waals surface area contributed by atoms with E-state index in [-0.39, 0.29) is 11.8 Å². The van der Waals surface area contributed by atoms with Crippen LogP contribution in [0.1, 0.15) is 40.9 Å². The molecule has 0 radical (unpaired) electrons. The van der Waals surface area contributed by atoms with Crippen LogP contribution in [0, 0.1) is 26.7 Å². The minimum atomic E-state index is -0.851. The molecule has 0 spiro atoms. The lowest BCUT2D eigenvalue weighted by Gasteiger charge is -2.21. The van der Waals surface area contributed by atoms with Gasteiger partial charge in [-0.25, -0.2) is 4.79 Å². The molecule has 1 atom stereocenters. The van der Waals surface area contributed by atoms with Gasteiger partial charge in [0.05, 0.1) is 0 Å². The molecular formula is C23H28N2O4. The van der Waals surface area contributed by atoms with Gasteiger partial charge >= 0.3 is 5.97 Å². The number of ether oxygens (including phenoxy) is 1. The second-order valence-electron chi connectivity index (χ2n) is 7.48. The molecule has 6 heteroatoms. The van der Waals surface area contributed by atoms with E-state index >= 15 is 0 Å². The molecule has 154 valence electrons. The minimum absolute atomic E-state index is 0.197. The molecule has 0 saturated carbocycles. The fourth-order valence-electron chi connectivity index (χ4n) is 2.83. The molecule has 0 fully saturated rings. The molecule has 2 aromatic carbocycles. The standard InChI is InChI=1S/C23H28N2O4/c1-14(2)21(25-22(27)18-9-7-6-8-16(18)4)23(28)29-13-20(26)24-19-12-15(3)10-11-17(19)5/h6-12,14,21H,13H2,1-5H3,(H,24,26)(H,25,27)/t21-/m0/s1. The van der Waals surface area contributed by atoms with Crippen molar-refractivity contribution in [3.63, 3.8) is 0 Å². The molecule has 0 saturated heterocycles. The molecule has 2 amide bonds. The molecule has 6 nitrogen and oxygen atoms in total. The number of nitrogens with one attached hydrogen (secondary N) is 2. The topological polar surface area (TPSA) is 84.5 Å². The fraction of sp³-hybridized carbons (Fsp3) is 0.348. The SMILES string of the molecule is Cc1ccc(C)c(NC(=O)COC(=O)[C@@H](NC(=O)c2ccccc2C)C(C)C)c1. The summed E-state index contributed by atoms with van der Waals surface area (Å²) < 4.78 is 5.17. The van der Waals surface area contributed by atoms with E-state index in [1.807, 2.05) is 51.1 Å². The normalized spacial score (nSPS) is 11.7. The Balaban J connectivity index is 1.97. The van der Waals surface area contributed by atoms with Gasteiger partial charge in [0.2, 0.25) is 0 Å². The molecule has 0 aliphatic carbocycles. The Labute approximate surface area is 171 Å². The van der Waals surface area contributed by atoms with E-state index in [4.69, 9.17) is 4.74 Å². The maximum absolute atomic E-state index is 12.5. The molecule has 0 unspecified atom stereocenters. The summed E-state index contributed by atoms with van der Waals surface area (Å²) in [7, 11) is 0. The molecule has 0 heterocycles. The van der Waals surface area contributed by atoms with Crippen LogP contribution in [-0.2, 0) is 14.3 Å². The third kappa shape index (κ3) is 6.17. The quantitative estimate of drug-likeness (QED) is 0.701. The smallest absolute Gasteiger partial charge is 0.329 e. The Hall–Kier alpha value is -3.15. The van der Waals surface area contributed by atoms with Crippen LogP contribution in [0.3, 0.4) is 0 Å². The first kappa shape index (κ1) is 22.1. The largest absolute Gasteiger partial charge is 0.454 e. The van der Waals surface area contributed by atoms with Gasteiger partial charge in [-0.1, -0.05) is 44.2 Å². The summed E-state index contributed by atoms with van der Waals surface area (Å²) >= 11 is 0. The average molecular weight is 396 g/mol. The van der Waals surface area contributed by atoms with Crippen molar-refractivity contribution in [2.75, 3.05) is 11.9 Å². The van der Waals surface area contributed by atoms with Gasteiger partial charge in [-0.3, -0.25) is 9.59 Å². The lowest BCUT2D eigenvalue weighted by molar-refractivity contribution is -0.150. The molecule has 0 aliphatic heterocycles. The van der Waals surface area contributed by atoms with E-state index in [0.29, 0.717) is 11.3 Å². The van der Waals surface area contributed by atoms with Crippen LogP contribution in [0.5, 0.6) is 0 Å². The Morgan fingerprint density at radius 1 is 0.966 bits per heavy atom. The molecule has 2 rings (SSSR count). The van der Waals surface area contributed by atoms with Crippen molar-refractivity contribution in [3.05, 3.63) is 64.7 Å². The number of anilines is 1. The number of hydrogen-bond acceptors (Lipinski definition) is 4. The molecule has 0 aromatic heterocycles. The lowest BCUT2D eigenvalue weighted by Crippen LogP contribution is -2.46. The van der Waals surface area contributed by atoms with E-state index in [1.54, 1.807) is 26.0 Å². The minimum Gasteiger partial charge on any atom is -0.454 e. The summed E-state index contributed by atoms with van der Waals surface area (Å²) in [5.74, 6) is -1.62. The van der Waals surface area contributed by atoms with E-state index in [1.165, 1.54) is 0 Å². The van der Waals surface area contributed by atoms with Crippen molar-refractivity contribution in [1.29, 1.82) is 0 Å². The number of hydrogen-bond donors (Lipinski definition) is 2. The highest BCUT2D eigenvalue weighted by molar-refractivity contribution is 5.98. The predicted octanol–water partition coefficient (Wildman–Crippen LogP) is 3.55. The number of amides is 2. The van der Waals surface area contributed by atoms with Gasteiger partial charge in [0.25, 0.3) is 11.8 Å². The zero-order valence-electron chi connectivity index (χ0n) is 17.5. The number of carbonyl (C=O) groups is 3. The number of carbonyl (C=O) groups excluding carboxylic acids is 3. The summed E-state index contributed by atoms with van der Waals surface area (Å²) in [6.45, 7) is 8.84. The van der Waals surface area contributed by atoms with Crippen molar-refractivity contribution in [2.45, 2.75) is 40.7 Å². The van der Waals surface area contributed by atoms with Gasteiger partial charge in [0.1, 0.15) is 6.04 Å². The maximum Gasteiger partial charge on any atom is 0.329 e. The lowest BCUT2D eigenvalue weighted by atomic mass is 10.0. The first-order chi connectivity index (χ1) is 13.7. The predicted molar refractivity (Wildman–Crippen MR) is 113 cm³/mol. The summed E-state index contributed by atoms with van der Waals surface area (Å²) in [6.07, 6.45) is 0. The van der Waals surface area contributed by atoms with Gasteiger partial charge < -0.3 is 15.4 Å². The summed E-state index contributed by atoms with van der Waals surface area (Å²) in [5.41, 5.74) is 3.93. The average Bonchev–Trinajstić information content (AvgIpc) is 2.67. The van der Waals surface area contributed by atoms with E-state index in [9.17, 15) is 14.4 Å². The Bertz CT molecular complexity index is 906.